The third-order valence-corrected chi connectivity index (χ3v) is 2.66. The van der Waals surface area contributed by atoms with Crippen LogP contribution in [-0.4, -0.2) is 31.7 Å². The van der Waals surface area contributed by atoms with Crippen LogP contribution in [0.25, 0.3) is 0 Å². The lowest BCUT2D eigenvalue weighted by Crippen LogP contribution is -2.47. The Bertz CT molecular complexity index is 215. The van der Waals surface area contributed by atoms with Crippen molar-refractivity contribution in [3.63, 3.8) is 0 Å². The average molecular weight is 227 g/mol. The fourth-order valence-corrected chi connectivity index (χ4v) is 1.72. The molecule has 0 aromatic carbocycles. The molecule has 16 heavy (non-hydrogen) atoms. The van der Waals surface area contributed by atoms with Gasteiger partial charge in [0.1, 0.15) is 0 Å². The van der Waals surface area contributed by atoms with Crippen LogP contribution < -0.4 is 16.0 Å². The lowest BCUT2D eigenvalue weighted by molar-refractivity contribution is 0.231. The molecule has 1 atom stereocenters. The van der Waals surface area contributed by atoms with E-state index in [1.807, 2.05) is 0 Å². The van der Waals surface area contributed by atoms with Crippen molar-refractivity contribution in [3.8, 4) is 0 Å². The Morgan fingerprint density at radius 3 is 2.81 bits per heavy atom. The summed E-state index contributed by atoms with van der Waals surface area (Å²) < 4.78 is 0. The molecule has 4 heteroatoms. The largest absolute Gasteiger partial charge is 0.338 e. The van der Waals surface area contributed by atoms with Crippen molar-refractivity contribution < 1.29 is 4.79 Å². The molecule has 0 spiro atoms. The molecule has 1 fully saturated rings. The van der Waals surface area contributed by atoms with Crippen LogP contribution in [0, 0.1) is 5.41 Å². The minimum Gasteiger partial charge on any atom is -0.338 e. The molecule has 1 unspecified atom stereocenters. The number of hydrogen-bond donors (Lipinski definition) is 3. The topological polar surface area (TPSA) is 53.2 Å². The van der Waals surface area contributed by atoms with Crippen molar-refractivity contribution in [3.05, 3.63) is 0 Å². The molecule has 2 amide bonds. The molecule has 1 heterocycles. The fourth-order valence-electron chi connectivity index (χ4n) is 1.72. The van der Waals surface area contributed by atoms with E-state index in [0.29, 0.717) is 6.54 Å². The molecule has 0 saturated carbocycles. The SMILES string of the molecule is CC(C)(C)CNC(=O)NC1CCCCNC1. The van der Waals surface area contributed by atoms with Crippen molar-refractivity contribution in [2.45, 2.75) is 46.1 Å². The van der Waals surface area contributed by atoms with E-state index in [4.69, 9.17) is 0 Å². The molecule has 0 aromatic rings. The van der Waals surface area contributed by atoms with Crippen LogP contribution in [0.1, 0.15) is 40.0 Å². The monoisotopic (exact) mass is 227 g/mol. The lowest BCUT2D eigenvalue weighted by atomic mass is 9.97. The van der Waals surface area contributed by atoms with E-state index >= 15 is 0 Å². The van der Waals surface area contributed by atoms with Gasteiger partial charge in [-0.15, -0.1) is 0 Å². The van der Waals surface area contributed by atoms with Gasteiger partial charge in [-0.2, -0.15) is 0 Å². The number of nitrogens with one attached hydrogen (secondary N) is 3. The molecule has 0 radical (unpaired) electrons. The van der Waals surface area contributed by atoms with Crippen LogP contribution in [0.5, 0.6) is 0 Å². The second-order valence-corrected chi connectivity index (χ2v) is 5.78. The number of rotatable bonds is 2. The van der Waals surface area contributed by atoms with Gasteiger partial charge in [-0.1, -0.05) is 27.2 Å². The minimum atomic E-state index is -0.0383. The maximum Gasteiger partial charge on any atom is 0.315 e. The predicted octanol–water partition coefficient (Wildman–Crippen LogP) is 1.47. The van der Waals surface area contributed by atoms with Gasteiger partial charge < -0.3 is 16.0 Å². The van der Waals surface area contributed by atoms with Gasteiger partial charge in [0.25, 0.3) is 0 Å². The normalized spacial score (nSPS) is 22.3. The highest BCUT2D eigenvalue weighted by Gasteiger charge is 2.16. The van der Waals surface area contributed by atoms with Gasteiger partial charge in [-0.05, 0) is 24.8 Å². The standard InChI is InChI=1S/C12H25N3O/c1-12(2,3)9-14-11(16)15-10-6-4-5-7-13-8-10/h10,13H,4-9H2,1-3H3,(H2,14,15,16). The van der Waals surface area contributed by atoms with Crippen LogP contribution in [0.15, 0.2) is 0 Å². The molecule has 0 aromatic heterocycles. The minimum absolute atomic E-state index is 0.0383. The first kappa shape index (κ1) is 13.3. The first-order valence-electron chi connectivity index (χ1n) is 6.22. The molecule has 0 bridgehead atoms. The summed E-state index contributed by atoms with van der Waals surface area (Å²) in [5, 5.41) is 9.26. The van der Waals surface area contributed by atoms with E-state index in [9.17, 15) is 4.79 Å². The first-order chi connectivity index (χ1) is 7.47. The van der Waals surface area contributed by atoms with E-state index in [1.165, 1.54) is 12.8 Å². The van der Waals surface area contributed by atoms with E-state index in [2.05, 4.69) is 36.7 Å². The van der Waals surface area contributed by atoms with Crippen LogP contribution in [0.4, 0.5) is 4.79 Å². The summed E-state index contributed by atoms with van der Waals surface area (Å²) in [5.41, 5.74) is 0.138. The quantitative estimate of drug-likeness (QED) is 0.669. The molecule has 0 aliphatic carbocycles. The summed E-state index contributed by atoms with van der Waals surface area (Å²) in [6, 6.07) is 0.242. The molecule has 1 aliphatic heterocycles. The molecule has 1 aliphatic rings. The Hall–Kier alpha value is -0.770. The maximum atomic E-state index is 11.6. The molecule has 4 nitrogen and oxygen atoms in total. The van der Waals surface area contributed by atoms with Crippen molar-refractivity contribution in [1.82, 2.24) is 16.0 Å². The van der Waals surface area contributed by atoms with Gasteiger partial charge in [0.05, 0.1) is 0 Å². The zero-order valence-corrected chi connectivity index (χ0v) is 10.7. The highest BCUT2D eigenvalue weighted by atomic mass is 16.2. The Balaban J connectivity index is 2.22. The van der Waals surface area contributed by atoms with Gasteiger partial charge in [0.2, 0.25) is 0 Å². The second-order valence-electron chi connectivity index (χ2n) is 5.78. The smallest absolute Gasteiger partial charge is 0.315 e. The Labute approximate surface area is 98.6 Å². The van der Waals surface area contributed by atoms with Gasteiger partial charge >= 0.3 is 6.03 Å². The number of hydrogen-bond acceptors (Lipinski definition) is 2. The number of urea groups is 1. The highest BCUT2D eigenvalue weighted by molar-refractivity contribution is 5.74. The maximum absolute atomic E-state index is 11.6. The van der Waals surface area contributed by atoms with E-state index in [1.54, 1.807) is 0 Å². The summed E-state index contributed by atoms with van der Waals surface area (Å²) >= 11 is 0. The molecule has 1 saturated heterocycles. The molecular formula is C12H25N3O. The Kier molecular flexibility index (Phi) is 5.06. The zero-order chi connectivity index (χ0) is 12.0. The molecule has 94 valence electrons. The van der Waals surface area contributed by atoms with Crippen molar-refractivity contribution in [2.24, 2.45) is 5.41 Å². The molecule has 1 rings (SSSR count). The summed E-state index contributed by atoms with van der Waals surface area (Å²) in [6.07, 6.45) is 3.48. The lowest BCUT2D eigenvalue weighted by Gasteiger charge is -2.21. The number of carbonyl (C=O) groups excluding carboxylic acids is 1. The van der Waals surface area contributed by atoms with Crippen LogP contribution in [-0.2, 0) is 0 Å². The van der Waals surface area contributed by atoms with E-state index in [-0.39, 0.29) is 17.5 Å². The fraction of sp³-hybridized carbons (Fsp3) is 0.917. The van der Waals surface area contributed by atoms with Crippen molar-refractivity contribution >= 4 is 6.03 Å². The summed E-state index contributed by atoms with van der Waals surface area (Å²) in [4.78, 5) is 11.6. The summed E-state index contributed by atoms with van der Waals surface area (Å²) in [5.74, 6) is 0. The van der Waals surface area contributed by atoms with Gasteiger partial charge in [0, 0.05) is 19.1 Å². The predicted molar refractivity (Wildman–Crippen MR) is 66.5 cm³/mol. The highest BCUT2D eigenvalue weighted by Crippen LogP contribution is 2.10. The number of carbonyl (C=O) groups is 1. The van der Waals surface area contributed by atoms with E-state index in [0.717, 1.165) is 19.5 Å². The average Bonchev–Trinajstić information content (AvgIpc) is 2.42. The second kappa shape index (κ2) is 6.09. The third-order valence-electron chi connectivity index (χ3n) is 2.66. The molecule has 3 N–H and O–H groups in total. The summed E-state index contributed by atoms with van der Waals surface area (Å²) in [6.45, 7) is 9.01. The number of amides is 2. The Morgan fingerprint density at radius 1 is 1.38 bits per heavy atom. The molecular weight excluding hydrogens is 202 g/mol. The third kappa shape index (κ3) is 5.95. The zero-order valence-electron chi connectivity index (χ0n) is 10.7. The first-order valence-corrected chi connectivity index (χ1v) is 6.22. The van der Waals surface area contributed by atoms with Gasteiger partial charge in [-0.25, -0.2) is 4.79 Å². The van der Waals surface area contributed by atoms with E-state index < -0.39 is 0 Å². The Morgan fingerprint density at radius 2 is 2.12 bits per heavy atom. The van der Waals surface area contributed by atoms with Crippen molar-refractivity contribution in [2.75, 3.05) is 19.6 Å². The van der Waals surface area contributed by atoms with Crippen molar-refractivity contribution in [1.29, 1.82) is 0 Å². The van der Waals surface area contributed by atoms with Crippen LogP contribution in [0.3, 0.4) is 0 Å². The van der Waals surface area contributed by atoms with Gasteiger partial charge in [-0.3, -0.25) is 0 Å². The van der Waals surface area contributed by atoms with Crippen LogP contribution in [0.2, 0.25) is 0 Å². The van der Waals surface area contributed by atoms with Gasteiger partial charge in [0.15, 0.2) is 0 Å². The van der Waals surface area contributed by atoms with Crippen LogP contribution >= 0.6 is 0 Å². The summed E-state index contributed by atoms with van der Waals surface area (Å²) in [7, 11) is 0.